The second-order valence-electron chi connectivity index (χ2n) is 7.04. The van der Waals surface area contributed by atoms with Crippen molar-refractivity contribution in [1.29, 1.82) is 0 Å². The first-order valence-electron chi connectivity index (χ1n) is 9.54. The predicted molar refractivity (Wildman–Crippen MR) is 112 cm³/mol. The first kappa shape index (κ1) is 19.4. The number of carbonyl (C=O) groups excluding carboxylic acids is 2. The van der Waals surface area contributed by atoms with Crippen LogP contribution >= 0.6 is 11.8 Å². The van der Waals surface area contributed by atoms with Crippen LogP contribution in [0.15, 0.2) is 70.6 Å². The molecular formula is C22H16FN4O3S+. The van der Waals surface area contributed by atoms with Crippen LogP contribution in [-0.2, 0) is 17.9 Å². The molecule has 0 aliphatic carbocycles. The lowest BCUT2D eigenvalue weighted by Gasteiger charge is -2.23. The number of nitrogens with zero attached hydrogens (tertiary/aromatic N) is 4. The van der Waals surface area contributed by atoms with E-state index in [0.29, 0.717) is 17.1 Å². The van der Waals surface area contributed by atoms with E-state index in [1.54, 1.807) is 23.6 Å². The van der Waals surface area contributed by atoms with Crippen molar-refractivity contribution >= 4 is 29.4 Å². The van der Waals surface area contributed by atoms with Gasteiger partial charge in [0.25, 0.3) is 5.89 Å². The minimum absolute atomic E-state index is 0.0442. The molecule has 2 aromatic carbocycles. The monoisotopic (exact) mass is 435 g/mol. The van der Waals surface area contributed by atoms with Crippen molar-refractivity contribution in [3.8, 4) is 11.4 Å². The van der Waals surface area contributed by atoms with Gasteiger partial charge >= 0.3 is 11.9 Å². The smallest absolute Gasteiger partial charge is 0.335 e. The van der Waals surface area contributed by atoms with Crippen molar-refractivity contribution in [2.75, 3.05) is 0 Å². The van der Waals surface area contributed by atoms with Crippen LogP contribution in [0, 0.1) is 5.82 Å². The molecule has 1 aromatic heterocycles. The minimum atomic E-state index is -0.519. The summed E-state index contributed by atoms with van der Waals surface area (Å²) < 4.78 is 20.1. The van der Waals surface area contributed by atoms with E-state index in [0.717, 1.165) is 5.56 Å². The van der Waals surface area contributed by atoms with E-state index in [1.165, 1.54) is 33.4 Å². The van der Waals surface area contributed by atoms with Gasteiger partial charge in [-0.25, -0.2) is 9.18 Å². The number of aromatic nitrogens is 2. The number of imide groups is 1. The lowest BCUT2D eigenvalue weighted by Crippen LogP contribution is -2.54. The van der Waals surface area contributed by atoms with E-state index < -0.39 is 11.3 Å². The van der Waals surface area contributed by atoms with E-state index in [4.69, 9.17) is 4.52 Å². The van der Waals surface area contributed by atoms with Gasteiger partial charge in [-0.1, -0.05) is 47.6 Å². The molecule has 0 radical (unpaired) electrons. The highest BCUT2D eigenvalue weighted by Crippen LogP contribution is 2.29. The second-order valence-corrected chi connectivity index (χ2v) is 8.06. The summed E-state index contributed by atoms with van der Waals surface area (Å²) in [5.74, 6) is 0.0153. The fraction of sp³-hybridized carbons (Fsp3) is 0.136. The van der Waals surface area contributed by atoms with Crippen molar-refractivity contribution in [2.45, 2.75) is 18.3 Å². The summed E-state index contributed by atoms with van der Waals surface area (Å²) in [4.78, 5) is 31.8. The number of hydrogen-bond donors (Lipinski definition) is 0. The molecule has 0 N–H and O–H groups in total. The summed E-state index contributed by atoms with van der Waals surface area (Å²) in [6, 6.07) is 14.6. The fourth-order valence-electron chi connectivity index (χ4n) is 3.49. The summed E-state index contributed by atoms with van der Waals surface area (Å²) in [6.07, 6.45) is 1.76. The molecule has 0 bridgehead atoms. The van der Waals surface area contributed by atoms with Crippen LogP contribution in [0.4, 0.5) is 9.18 Å². The molecule has 3 aromatic rings. The van der Waals surface area contributed by atoms with Gasteiger partial charge in [0.1, 0.15) is 18.1 Å². The summed E-state index contributed by atoms with van der Waals surface area (Å²) in [7, 11) is 0. The van der Waals surface area contributed by atoms with Crippen molar-refractivity contribution in [2.24, 2.45) is 0 Å². The molecule has 7 nitrogen and oxygen atoms in total. The van der Waals surface area contributed by atoms with Gasteiger partial charge in [0.05, 0.1) is 0 Å². The van der Waals surface area contributed by atoms with Crippen LogP contribution in [-0.4, -0.2) is 42.5 Å². The van der Waals surface area contributed by atoms with E-state index >= 15 is 0 Å². The van der Waals surface area contributed by atoms with Gasteiger partial charge < -0.3 is 4.52 Å². The van der Waals surface area contributed by atoms with Crippen LogP contribution in [0.25, 0.3) is 11.4 Å². The normalized spacial score (nSPS) is 18.1. The van der Waals surface area contributed by atoms with Crippen molar-refractivity contribution < 1.29 is 23.1 Å². The molecule has 0 saturated heterocycles. The quantitative estimate of drug-likeness (QED) is 0.570. The Balaban J connectivity index is 1.44. The van der Waals surface area contributed by atoms with Crippen LogP contribution in [0.1, 0.15) is 11.5 Å². The van der Waals surface area contributed by atoms with Gasteiger partial charge in [-0.05, 0) is 29.2 Å². The van der Waals surface area contributed by atoms with Gasteiger partial charge in [0.15, 0.2) is 11.8 Å². The molecule has 0 spiro atoms. The number of thioether (sulfide) groups is 1. The Labute approximate surface area is 180 Å². The fourth-order valence-corrected chi connectivity index (χ4v) is 4.45. The Morgan fingerprint density at radius 2 is 1.87 bits per heavy atom. The molecule has 154 valence electrons. The summed E-state index contributed by atoms with van der Waals surface area (Å²) in [5.41, 5.74) is 2.05. The van der Waals surface area contributed by atoms with Gasteiger partial charge in [-0.2, -0.15) is 19.3 Å². The number of carbonyl (C=O) groups is 2. The minimum Gasteiger partial charge on any atom is -0.335 e. The lowest BCUT2D eigenvalue weighted by molar-refractivity contribution is -0.458. The maximum atomic E-state index is 13.2. The SMILES string of the molecule is O=C1C2SC=CC2=[N+](Cc2nc(-c3ccccc3)no2)C(=O)N1Cc1ccc(F)cc1. The molecule has 5 rings (SSSR count). The van der Waals surface area contributed by atoms with Gasteiger partial charge in [0, 0.05) is 5.56 Å². The van der Waals surface area contributed by atoms with E-state index in [2.05, 4.69) is 10.1 Å². The molecule has 3 heterocycles. The molecule has 3 amide bonds. The number of allylic oxidation sites excluding steroid dienone is 1. The Kier molecular flexibility index (Phi) is 4.95. The first-order chi connectivity index (χ1) is 15.1. The first-order valence-corrected chi connectivity index (χ1v) is 10.5. The number of amides is 3. The summed E-state index contributed by atoms with van der Waals surface area (Å²) in [6.45, 7) is 0.0977. The van der Waals surface area contributed by atoms with Gasteiger partial charge in [-0.3, -0.25) is 0 Å². The highest BCUT2D eigenvalue weighted by atomic mass is 32.2. The molecule has 31 heavy (non-hydrogen) atoms. The molecule has 1 unspecified atom stereocenters. The number of rotatable bonds is 5. The molecule has 2 aliphatic heterocycles. The topological polar surface area (TPSA) is 79.3 Å². The van der Waals surface area contributed by atoms with Crippen LogP contribution < -0.4 is 0 Å². The highest BCUT2D eigenvalue weighted by Gasteiger charge is 2.49. The third-order valence-corrected chi connectivity index (χ3v) is 6.04. The number of fused-ring (bicyclic) bond motifs is 1. The summed E-state index contributed by atoms with van der Waals surface area (Å²) >= 11 is 1.34. The number of benzene rings is 2. The molecule has 1 atom stereocenters. The number of halogens is 1. The summed E-state index contributed by atoms with van der Waals surface area (Å²) in [5, 5.41) is 5.28. The second kappa shape index (κ2) is 7.92. The zero-order chi connectivity index (χ0) is 21.4. The zero-order valence-corrected chi connectivity index (χ0v) is 17.0. The zero-order valence-electron chi connectivity index (χ0n) is 16.1. The van der Waals surface area contributed by atoms with Crippen LogP contribution in [0.2, 0.25) is 0 Å². The van der Waals surface area contributed by atoms with Crippen molar-refractivity contribution in [3.05, 3.63) is 83.4 Å². The Morgan fingerprint density at radius 1 is 1.10 bits per heavy atom. The van der Waals surface area contributed by atoms with Gasteiger partial charge in [0.2, 0.25) is 5.82 Å². The maximum absolute atomic E-state index is 13.2. The van der Waals surface area contributed by atoms with E-state index in [9.17, 15) is 14.0 Å². The molecular weight excluding hydrogens is 419 g/mol. The van der Waals surface area contributed by atoms with Crippen LogP contribution in [0.3, 0.4) is 0 Å². The Bertz CT molecular complexity index is 1220. The average Bonchev–Trinajstić information content (AvgIpc) is 3.46. The number of hydrogen-bond acceptors (Lipinski definition) is 6. The Hall–Kier alpha value is -3.59. The molecule has 9 heteroatoms. The molecule has 0 fully saturated rings. The molecule has 0 saturated carbocycles. The average molecular weight is 435 g/mol. The molecule has 2 aliphatic rings. The third kappa shape index (κ3) is 3.68. The van der Waals surface area contributed by atoms with Crippen molar-refractivity contribution in [3.63, 3.8) is 0 Å². The third-order valence-electron chi connectivity index (χ3n) is 5.03. The highest BCUT2D eigenvalue weighted by molar-refractivity contribution is 8.04. The number of urea groups is 1. The van der Waals surface area contributed by atoms with E-state index in [-0.39, 0.29) is 30.7 Å². The largest absolute Gasteiger partial charge is 0.501 e. The van der Waals surface area contributed by atoms with Crippen LogP contribution in [0.5, 0.6) is 0 Å². The Morgan fingerprint density at radius 3 is 2.65 bits per heavy atom. The van der Waals surface area contributed by atoms with E-state index in [1.807, 2.05) is 30.3 Å². The van der Waals surface area contributed by atoms with Crippen molar-refractivity contribution in [1.82, 2.24) is 15.0 Å². The lowest BCUT2D eigenvalue weighted by atomic mass is 10.1. The standard InChI is InChI=1S/C22H16FN4O3S/c23-16-8-6-14(7-9-16)12-27-21(28)19-17(10-11-31-19)26(22(27)29)13-18-24-20(25-30-18)15-4-2-1-3-5-15/h1-11,19H,12-13H2/q+1. The predicted octanol–water partition coefficient (Wildman–Crippen LogP) is 3.62. The maximum Gasteiger partial charge on any atom is 0.501 e. The van der Waals surface area contributed by atoms with Gasteiger partial charge in [-0.15, -0.1) is 11.8 Å².